The molecule has 172 valence electrons. The van der Waals surface area contributed by atoms with Crippen molar-refractivity contribution in [2.45, 2.75) is 71.1 Å². The molecule has 8 nitrogen and oxygen atoms in total. The summed E-state index contributed by atoms with van der Waals surface area (Å²) in [7, 11) is 0. The maximum Gasteiger partial charge on any atom is 0.410 e. The summed E-state index contributed by atoms with van der Waals surface area (Å²) >= 11 is 3.75. The largest absolute Gasteiger partial charge is 0.444 e. The number of halogens is 1. The van der Waals surface area contributed by atoms with E-state index in [9.17, 15) is 10.1 Å². The molecule has 3 heterocycles. The Bertz CT molecular complexity index is 1040. The number of hydrogen-bond donors (Lipinski definition) is 0. The van der Waals surface area contributed by atoms with E-state index in [1.54, 1.807) is 11.2 Å². The van der Waals surface area contributed by atoms with Gasteiger partial charge in [0.15, 0.2) is 0 Å². The third-order valence-corrected chi connectivity index (χ3v) is 6.92. The first-order valence-corrected chi connectivity index (χ1v) is 12.1. The van der Waals surface area contributed by atoms with Crippen LogP contribution in [0.1, 0.15) is 59.4 Å². The summed E-state index contributed by atoms with van der Waals surface area (Å²) in [5.41, 5.74) is 0.389. The van der Waals surface area contributed by atoms with Crippen LogP contribution >= 0.6 is 15.9 Å². The lowest BCUT2D eigenvalue weighted by Crippen LogP contribution is -2.54. The Morgan fingerprint density at radius 3 is 2.75 bits per heavy atom. The molecule has 9 heteroatoms. The predicted octanol–water partition coefficient (Wildman–Crippen LogP) is 4.89. The number of aromatic nitrogens is 3. The second kappa shape index (κ2) is 8.89. The third-order valence-electron chi connectivity index (χ3n) is 6.32. The number of amides is 1. The first-order chi connectivity index (χ1) is 15.2. The number of carbonyl (C=O) groups excluding carboxylic acids is 1. The van der Waals surface area contributed by atoms with Gasteiger partial charge in [0.25, 0.3) is 0 Å². The Balaban J connectivity index is 1.59. The van der Waals surface area contributed by atoms with Gasteiger partial charge >= 0.3 is 6.09 Å². The number of nitriles is 1. The van der Waals surface area contributed by atoms with E-state index in [-0.39, 0.29) is 24.1 Å². The maximum absolute atomic E-state index is 12.5. The fraction of sp³-hybridized carbons (Fsp3) is 0.652. The van der Waals surface area contributed by atoms with Crippen molar-refractivity contribution in [1.82, 2.24) is 19.4 Å². The van der Waals surface area contributed by atoms with Gasteiger partial charge in [0.1, 0.15) is 23.4 Å². The summed E-state index contributed by atoms with van der Waals surface area (Å²) in [5.74, 6) is 0.983. The summed E-state index contributed by atoms with van der Waals surface area (Å²) in [6.45, 7) is 9.58. The first-order valence-electron chi connectivity index (χ1n) is 11.3. The molecule has 0 aromatic carbocycles. The lowest BCUT2D eigenvalue weighted by Gasteiger charge is -2.41. The van der Waals surface area contributed by atoms with Crippen LogP contribution in [0.5, 0.6) is 0 Å². The molecule has 2 aliphatic rings. The minimum atomic E-state index is -0.506. The quantitative estimate of drug-likeness (QED) is 0.580. The average Bonchev–Trinajstić information content (AvgIpc) is 3.09. The van der Waals surface area contributed by atoms with Crippen LogP contribution in [-0.4, -0.2) is 56.8 Å². The van der Waals surface area contributed by atoms with Gasteiger partial charge in [0, 0.05) is 48.3 Å². The van der Waals surface area contributed by atoms with Crippen LogP contribution in [0.15, 0.2) is 17.0 Å². The minimum absolute atomic E-state index is 0.0854. The van der Waals surface area contributed by atoms with E-state index in [0.717, 1.165) is 47.0 Å². The van der Waals surface area contributed by atoms with E-state index in [0.29, 0.717) is 19.6 Å². The summed E-state index contributed by atoms with van der Waals surface area (Å²) in [5, 5.41) is 10.4. The topological polar surface area (TPSA) is 87.3 Å². The number of anilines is 1. The lowest BCUT2D eigenvalue weighted by molar-refractivity contribution is 0.0218. The summed E-state index contributed by atoms with van der Waals surface area (Å²) in [4.78, 5) is 25.8. The zero-order valence-electron chi connectivity index (χ0n) is 19.2. The fourth-order valence-corrected chi connectivity index (χ4v) is 5.39. The highest BCUT2D eigenvalue weighted by Gasteiger charge is 2.33. The summed E-state index contributed by atoms with van der Waals surface area (Å²) < 4.78 is 8.73. The van der Waals surface area contributed by atoms with E-state index in [1.807, 2.05) is 20.8 Å². The van der Waals surface area contributed by atoms with Gasteiger partial charge in [-0.1, -0.05) is 6.42 Å². The van der Waals surface area contributed by atoms with Crippen molar-refractivity contribution in [3.05, 3.63) is 17.0 Å². The van der Waals surface area contributed by atoms with Crippen molar-refractivity contribution in [3.8, 4) is 6.07 Å². The van der Waals surface area contributed by atoms with Crippen LogP contribution in [0.25, 0.3) is 11.0 Å². The lowest BCUT2D eigenvalue weighted by atomic mass is 9.86. The number of ether oxygens (including phenoxy) is 1. The maximum atomic E-state index is 12.5. The van der Waals surface area contributed by atoms with Crippen molar-refractivity contribution in [2.24, 2.45) is 5.92 Å². The van der Waals surface area contributed by atoms with Crippen LogP contribution in [0.3, 0.4) is 0 Å². The molecule has 1 aliphatic carbocycles. The standard InChI is InChI=1S/C23H31BrN6O2/c1-15-12-28(22(31)32-23(2,3)4)8-9-29(15)20-19-18(24)13-30(21(19)27-14-26-20)17-7-5-6-16(10-17)11-25/h13-17H,5-10,12H2,1-4H3. The number of carbonyl (C=O) groups is 1. The minimum Gasteiger partial charge on any atom is -0.444 e. The molecule has 2 aromatic rings. The number of nitrogens with zero attached hydrogens (tertiary/aromatic N) is 6. The molecule has 1 amide bonds. The van der Waals surface area contributed by atoms with Crippen molar-refractivity contribution in [3.63, 3.8) is 0 Å². The van der Waals surface area contributed by atoms with Crippen LogP contribution in [0.4, 0.5) is 10.6 Å². The third kappa shape index (κ3) is 4.56. The molecule has 2 aromatic heterocycles. The summed E-state index contributed by atoms with van der Waals surface area (Å²) in [6, 6.07) is 2.80. The number of hydrogen-bond acceptors (Lipinski definition) is 6. The normalized spacial score (nSPS) is 24.4. The van der Waals surface area contributed by atoms with Gasteiger partial charge in [-0.2, -0.15) is 5.26 Å². The first kappa shape index (κ1) is 22.8. The molecule has 1 saturated carbocycles. The van der Waals surface area contributed by atoms with E-state index >= 15 is 0 Å². The molecule has 3 atom stereocenters. The molecule has 0 radical (unpaired) electrons. The summed E-state index contributed by atoms with van der Waals surface area (Å²) in [6.07, 6.45) is 7.39. The Kier molecular flexibility index (Phi) is 6.35. The second-order valence-electron chi connectivity index (χ2n) is 9.90. The molecule has 1 saturated heterocycles. The zero-order chi connectivity index (χ0) is 23.0. The van der Waals surface area contributed by atoms with Crippen LogP contribution in [0.2, 0.25) is 0 Å². The van der Waals surface area contributed by atoms with Gasteiger partial charge in [0.05, 0.1) is 11.5 Å². The monoisotopic (exact) mass is 502 g/mol. The molecule has 32 heavy (non-hydrogen) atoms. The van der Waals surface area contributed by atoms with E-state index in [1.165, 1.54) is 0 Å². The van der Waals surface area contributed by atoms with E-state index < -0.39 is 5.60 Å². The smallest absolute Gasteiger partial charge is 0.410 e. The Labute approximate surface area is 197 Å². The molecular formula is C23H31BrN6O2. The predicted molar refractivity (Wildman–Crippen MR) is 126 cm³/mol. The molecular weight excluding hydrogens is 472 g/mol. The average molecular weight is 503 g/mol. The Hall–Kier alpha value is -2.34. The molecule has 2 fully saturated rings. The number of rotatable bonds is 2. The van der Waals surface area contributed by atoms with Gasteiger partial charge in [-0.3, -0.25) is 0 Å². The van der Waals surface area contributed by atoms with Gasteiger partial charge in [-0.05, 0) is 62.9 Å². The van der Waals surface area contributed by atoms with Crippen molar-refractivity contribution >= 4 is 38.9 Å². The second-order valence-corrected chi connectivity index (χ2v) is 10.7. The number of piperazine rings is 1. The SMILES string of the molecule is CC1CN(C(=O)OC(C)(C)C)CCN1c1ncnc2c1c(Br)cn2C1CCCC(C#N)C1. The van der Waals surface area contributed by atoms with Crippen LogP contribution in [-0.2, 0) is 4.74 Å². The molecule has 0 spiro atoms. The van der Waals surface area contributed by atoms with Crippen LogP contribution in [0, 0.1) is 17.2 Å². The highest BCUT2D eigenvalue weighted by atomic mass is 79.9. The molecule has 0 N–H and O–H groups in total. The molecule has 4 rings (SSSR count). The number of fused-ring (bicyclic) bond motifs is 1. The Morgan fingerprint density at radius 2 is 2.06 bits per heavy atom. The molecule has 1 aliphatic heterocycles. The molecule has 0 bridgehead atoms. The van der Waals surface area contributed by atoms with Crippen LogP contribution < -0.4 is 4.90 Å². The van der Waals surface area contributed by atoms with E-state index in [4.69, 9.17) is 4.74 Å². The Morgan fingerprint density at radius 1 is 1.28 bits per heavy atom. The van der Waals surface area contributed by atoms with Crippen molar-refractivity contribution in [2.75, 3.05) is 24.5 Å². The highest BCUT2D eigenvalue weighted by Crippen LogP contribution is 2.39. The molecule has 3 unspecified atom stereocenters. The highest BCUT2D eigenvalue weighted by molar-refractivity contribution is 9.10. The van der Waals surface area contributed by atoms with E-state index in [2.05, 4.69) is 54.6 Å². The van der Waals surface area contributed by atoms with Crippen molar-refractivity contribution in [1.29, 1.82) is 5.26 Å². The van der Waals surface area contributed by atoms with Gasteiger partial charge in [0.2, 0.25) is 0 Å². The zero-order valence-corrected chi connectivity index (χ0v) is 20.8. The van der Waals surface area contributed by atoms with Crippen molar-refractivity contribution < 1.29 is 9.53 Å². The van der Waals surface area contributed by atoms with Gasteiger partial charge < -0.3 is 19.1 Å². The van der Waals surface area contributed by atoms with Gasteiger partial charge in [-0.25, -0.2) is 14.8 Å². The van der Waals surface area contributed by atoms with Gasteiger partial charge in [-0.15, -0.1) is 0 Å². The fourth-order valence-electron chi connectivity index (χ4n) is 4.82.